The molecule has 3 nitrogen and oxygen atoms in total. The van der Waals surface area contributed by atoms with Crippen LogP contribution < -0.4 is 0 Å². The summed E-state index contributed by atoms with van der Waals surface area (Å²) in [5.74, 6) is -0.207. The molecule has 92 valence electrons. The first-order valence-corrected chi connectivity index (χ1v) is 6.56. The summed E-state index contributed by atoms with van der Waals surface area (Å²) >= 11 is 0. The van der Waals surface area contributed by atoms with Crippen molar-refractivity contribution in [3.05, 3.63) is 35.9 Å². The first-order valence-electron chi connectivity index (χ1n) is 6.56. The second kappa shape index (κ2) is 3.22. The van der Waals surface area contributed by atoms with Gasteiger partial charge in [0.25, 0.3) is 0 Å². The zero-order valence-corrected chi connectivity index (χ0v) is 9.96. The highest BCUT2D eigenvalue weighted by atomic mass is 16.6. The molecule has 1 heterocycles. The van der Waals surface area contributed by atoms with E-state index in [1.165, 1.54) is 0 Å². The SMILES string of the molecule is O=C1OC(=O)[C@@]2(c3ccccc3)[C@H]3CC[C@H](C3)[C@@H]12. The summed E-state index contributed by atoms with van der Waals surface area (Å²) in [6.45, 7) is 0. The van der Waals surface area contributed by atoms with Gasteiger partial charge in [-0.15, -0.1) is 0 Å². The van der Waals surface area contributed by atoms with Gasteiger partial charge in [-0.2, -0.15) is 0 Å². The fraction of sp³-hybridized carbons (Fsp3) is 0.467. The molecule has 2 aliphatic carbocycles. The smallest absolute Gasteiger partial charge is 0.325 e. The van der Waals surface area contributed by atoms with Gasteiger partial charge in [0.1, 0.15) is 5.41 Å². The Kier molecular flexibility index (Phi) is 1.84. The van der Waals surface area contributed by atoms with Gasteiger partial charge < -0.3 is 4.74 Å². The molecule has 1 aromatic rings. The Balaban J connectivity index is 1.95. The van der Waals surface area contributed by atoms with Gasteiger partial charge in [-0.3, -0.25) is 9.59 Å². The molecule has 18 heavy (non-hydrogen) atoms. The highest BCUT2D eigenvalue weighted by Gasteiger charge is 2.70. The van der Waals surface area contributed by atoms with Gasteiger partial charge in [-0.25, -0.2) is 0 Å². The minimum absolute atomic E-state index is 0.230. The second-order valence-electron chi connectivity index (χ2n) is 5.69. The van der Waals surface area contributed by atoms with E-state index in [1.54, 1.807) is 0 Å². The lowest BCUT2D eigenvalue weighted by Crippen LogP contribution is -2.43. The van der Waals surface area contributed by atoms with Gasteiger partial charge in [0.05, 0.1) is 5.92 Å². The van der Waals surface area contributed by atoms with Crippen LogP contribution in [0.4, 0.5) is 0 Å². The largest absolute Gasteiger partial charge is 0.392 e. The first-order chi connectivity index (χ1) is 8.74. The number of hydrogen-bond donors (Lipinski definition) is 0. The monoisotopic (exact) mass is 242 g/mol. The lowest BCUT2D eigenvalue weighted by Gasteiger charge is -2.34. The molecule has 0 amide bonds. The van der Waals surface area contributed by atoms with Crippen molar-refractivity contribution in [3.8, 4) is 0 Å². The van der Waals surface area contributed by atoms with Gasteiger partial charge in [0.2, 0.25) is 0 Å². The van der Waals surface area contributed by atoms with Crippen LogP contribution >= 0.6 is 0 Å². The quantitative estimate of drug-likeness (QED) is 0.559. The van der Waals surface area contributed by atoms with Gasteiger partial charge in [0.15, 0.2) is 0 Å². The lowest BCUT2D eigenvalue weighted by molar-refractivity contribution is -0.155. The fourth-order valence-electron chi connectivity index (χ4n) is 4.52. The minimum atomic E-state index is -0.665. The lowest BCUT2D eigenvalue weighted by atomic mass is 9.63. The first kappa shape index (κ1) is 10.3. The maximum Gasteiger partial charge on any atom is 0.325 e. The van der Waals surface area contributed by atoms with E-state index in [2.05, 4.69) is 0 Å². The zero-order valence-electron chi connectivity index (χ0n) is 9.96. The molecule has 0 aromatic heterocycles. The molecule has 0 radical (unpaired) electrons. The van der Waals surface area contributed by atoms with Gasteiger partial charge in [-0.1, -0.05) is 30.3 Å². The Hall–Kier alpha value is -1.64. The molecule has 2 saturated carbocycles. The highest BCUT2D eigenvalue weighted by molar-refractivity contribution is 6.04. The fourth-order valence-corrected chi connectivity index (χ4v) is 4.52. The Morgan fingerprint density at radius 2 is 1.89 bits per heavy atom. The molecule has 4 atom stereocenters. The van der Waals surface area contributed by atoms with E-state index in [0.717, 1.165) is 24.8 Å². The predicted molar refractivity (Wildman–Crippen MR) is 63.5 cm³/mol. The van der Waals surface area contributed by atoms with E-state index in [9.17, 15) is 9.59 Å². The highest BCUT2D eigenvalue weighted by Crippen LogP contribution is 2.63. The van der Waals surface area contributed by atoms with E-state index < -0.39 is 5.41 Å². The normalized spacial score (nSPS) is 41.0. The summed E-state index contributed by atoms with van der Waals surface area (Å²) < 4.78 is 4.99. The Morgan fingerprint density at radius 3 is 2.67 bits per heavy atom. The number of fused-ring (bicyclic) bond motifs is 5. The number of cyclic esters (lactones) is 2. The second-order valence-corrected chi connectivity index (χ2v) is 5.69. The maximum atomic E-state index is 12.3. The molecule has 4 rings (SSSR count). The van der Waals surface area contributed by atoms with Gasteiger partial charge in [0, 0.05) is 0 Å². The molecule has 1 aliphatic heterocycles. The van der Waals surface area contributed by atoms with Crippen LogP contribution in [0.2, 0.25) is 0 Å². The van der Waals surface area contributed by atoms with Gasteiger partial charge >= 0.3 is 11.9 Å². The zero-order chi connectivity index (χ0) is 12.3. The van der Waals surface area contributed by atoms with Crippen LogP contribution in [0.25, 0.3) is 0 Å². The van der Waals surface area contributed by atoms with Crippen LogP contribution in [0.5, 0.6) is 0 Å². The average molecular weight is 242 g/mol. The molecule has 0 spiro atoms. The molecule has 3 fully saturated rings. The molecule has 0 unspecified atom stereocenters. The molecule has 0 N–H and O–H groups in total. The van der Waals surface area contributed by atoms with Crippen molar-refractivity contribution in [2.45, 2.75) is 24.7 Å². The van der Waals surface area contributed by atoms with Crippen molar-refractivity contribution in [3.63, 3.8) is 0 Å². The summed E-state index contributed by atoms with van der Waals surface area (Å²) in [4.78, 5) is 24.3. The van der Waals surface area contributed by atoms with E-state index in [4.69, 9.17) is 4.74 Å². The maximum absolute atomic E-state index is 12.3. The Bertz CT molecular complexity index is 536. The van der Waals surface area contributed by atoms with Crippen LogP contribution in [0.3, 0.4) is 0 Å². The Morgan fingerprint density at radius 1 is 1.11 bits per heavy atom. The predicted octanol–water partition coefficient (Wildman–Crippen LogP) is 2.05. The van der Waals surface area contributed by atoms with Crippen LogP contribution in [-0.2, 0) is 19.7 Å². The van der Waals surface area contributed by atoms with Crippen LogP contribution in [-0.4, -0.2) is 11.9 Å². The van der Waals surface area contributed by atoms with Crippen LogP contribution in [0.1, 0.15) is 24.8 Å². The number of esters is 2. The van der Waals surface area contributed by atoms with Crippen molar-refractivity contribution in [2.75, 3.05) is 0 Å². The molecule has 1 saturated heterocycles. The third kappa shape index (κ3) is 0.972. The van der Waals surface area contributed by atoms with E-state index >= 15 is 0 Å². The summed E-state index contributed by atoms with van der Waals surface area (Å²) in [5, 5.41) is 0. The Labute approximate surface area is 105 Å². The molecule has 1 aromatic carbocycles. The van der Waals surface area contributed by atoms with Gasteiger partial charge in [-0.05, 0) is 36.7 Å². The van der Waals surface area contributed by atoms with Crippen LogP contribution in [0, 0.1) is 17.8 Å². The molecule has 2 bridgehead atoms. The third-order valence-corrected chi connectivity index (χ3v) is 5.12. The summed E-state index contributed by atoms with van der Waals surface area (Å²) in [6, 6.07) is 9.73. The summed E-state index contributed by atoms with van der Waals surface area (Å²) in [6.07, 6.45) is 3.10. The standard InChI is InChI=1S/C15H14O3/c16-13-12-9-6-7-11(8-9)15(12,14(17)18-13)10-4-2-1-3-5-10/h1-5,9,11-12H,6-8H2/t9-,11+,12+,15+/m1/s1. The van der Waals surface area contributed by atoms with Crippen molar-refractivity contribution >= 4 is 11.9 Å². The number of benzene rings is 1. The van der Waals surface area contributed by atoms with E-state index in [1.807, 2.05) is 30.3 Å². The third-order valence-electron chi connectivity index (χ3n) is 5.12. The summed E-state index contributed by atoms with van der Waals surface area (Å²) in [5.41, 5.74) is 0.305. The van der Waals surface area contributed by atoms with Crippen molar-refractivity contribution in [1.29, 1.82) is 0 Å². The average Bonchev–Trinajstić information content (AvgIpc) is 3.03. The number of carbonyl (C=O) groups excluding carboxylic acids is 2. The minimum Gasteiger partial charge on any atom is -0.392 e. The van der Waals surface area contributed by atoms with Crippen molar-refractivity contribution in [1.82, 2.24) is 0 Å². The van der Waals surface area contributed by atoms with Crippen molar-refractivity contribution < 1.29 is 14.3 Å². The number of rotatable bonds is 1. The van der Waals surface area contributed by atoms with E-state index in [-0.39, 0.29) is 23.8 Å². The molecular formula is C15H14O3. The molecule has 3 heteroatoms. The summed E-state index contributed by atoms with van der Waals surface area (Å²) in [7, 11) is 0. The van der Waals surface area contributed by atoms with E-state index in [0.29, 0.717) is 5.92 Å². The number of carbonyl (C=O) groups is 2. The number of ether oxygens (including phenoxy) is 1. The van der Waals surface area contributed by atoms with Crippen molar-refractivity contribution in [2.24, 2.45) is 17.8 Å². The van der Waals surface area contributed by atoms with Crippen LogP contribution in [0.15, 0.2) is 30.3 Å². The molecular weight excluding hydrogens is 228 g/mol. The molecule has 3 aliphatic rings. The topological polar surface area (TPSA) is 43.4 Å². The number of hydrogen-bond acceptors (Lipinski definition) is 3.